The molecule has 27 heavy (non-hydrogen) atoms. The van der Waals surface area contributed by atoms with Gasteiger partial charge in [0.25, 0.3) is 5.69 Å². The van der Waals surface area contributed by atoms with Crippen molar-refractivity contribution in [2.24, 2.45) is 0 Å². The number of hydrogen-bond acceptors (Lipinski definition) is 8. The van der Waals surface area contributed by atoms with Crippen molar-refractivity contribution in [2.75, 3.05) is 0 Å². The summed E-state index contributed by atoms with van der Waals surface area (Å²) in [6, 6.07) is 6.04. The number of nitro benzene ring substituents is 1. The summed E-state index contributed by atoms with van der Waals surface area (Å²) in [5, 5.41) is 28.4. The molecule has 0 bridgehead atoms. The second kappa shape index (κ2) is 7.47. The van der Waals surface area contributed by atoms with Crippen LogP contribution in [0.1, 0.15) is 43.2 Å². The Bertz CT molecular complexity index is 952. The number of nitrogens with zero attached hydrogens (tertiary/aromatic N) is 6. The average molecular weight is 386 g/mol. The van der Waals surface area contributed by atoms with Crippen LogP contribution in [0.2, 0.25) is 0 Å². The fourth-order valence-electron chi connectivity index (χ4n) is 3.00. The molecule has 0 saturated carbocycles. The number of thioether (sulfide) groups is 1. The van der Waals surface area contributed by atoms with Crippen molar-refractivity contribution in [3.8, 4) is 11.5 Å². The Kier molecular flexibility index (Phi) is 4.88. The summed E-state index contributed by atoms with van der Waals surface area (Å²) in [7, 11) is 0. The van der Waals surface area contributed by atoms with Crippen molar-refractivity contribution in [2.45, 2.75) is 49.6 Å². The highest BCUT2D eigenvalue weighted by Gasteiger charge is 2.22. The molecule has 1 aromatic carbocycles. The molecule has 9 nitrogen and oxygen atoms in total. The van der Waals surface area contributed by atoms with Gasteiger partial charge in [-0.2, -0.15) is 0 Å². The van der Waals surface area contributed by atoms with Crippen molar-refractivity contribution in [3.63, 3.8) is 0 Å². The molecule has 0 spiro atoms. The molecule has 4 rings (SSSR count). The largest absolute Gasteiger partial charge is 0.419 e. The van der Waals surface area contributed by atoms with Crippen LogP contribution >= 0.6 is 11.8 Å². The molecule has 3 heterocycles. The third kappa shape index (κ3) is 3.70. The number of aryl methyl sites for hydroxylation is 1. The maximum Gasteiger partial charge on any atom is 0.269 e. The maximum atomic E-state index is 10.8. The highest BCUT2D eigenvalue weighted by molar-refractivity contribution is 7.99. The maximum absolute atomic E-state index is 10.8. The molecule has 3 aromatic rings. The zero-order chi connectivity index (χ0) is 18.8. The standard InChI is InChI=1S/C17H18N6O3S/c1-11(27-17-21-18-14-5-3-2-4-10-22(14)17)15-19-20-16(26-15)12-6-8-13(9-7-12)23(24)25/h6-9,11H,2-5,10H2,1H3/t11-/m0/s1. The average Bonchev–Trinajstić information content (AvgIpc) is 3.23. The minimum absolute atomic E-state index is 0.0231. The zero-order valence-corrected chi connectivity index (χ0v) is 15.6. The van der Waals surface area contributed by atoms with Crippen LogP contribution in [0.3, 0.4) is 0 Å². The third-order valence-corrected chi connectivity index (χ3v) is 5.54. The number of aromatic nitrogens is 5. The van der Waals surface area contributed by atoms with E-state index in [9.17, 15) is 10.1 Å². The molecule has 0 fully saturated rings. The van der Waals surface area contributed by atoms with Gasteiger partial charge < -0.3 is 8.98 Å². The molecule has 0 radical (unpaired) electrons. The van der Waals surface area contributed by atoms with E-state index in [4.69, 9.17) is 4.42 Å². The lowest BCUT2D eigenvalue weighted by molar-refractivity contribution is -0.384. The van der Waals surface area contributed by atoms with Crippen LogP contribution in [-0.4, -0.2) is 29.9 Å². The number of fused-ring (bicyclic) bond motifs is 1. The first-order chi connectivity index (χ1) is 13.1. The second-order valence-corrected chi connectivity index (χ2v) is 7.68. The lowest BCUT2D eigenvalue weighted by Gasteiger charge is -2.09. The highest BCUT2D eigenvalue weighted by Crippen LogP contribution is 2.35. The summed E-state index contributed by atoms with van der Waals surface area (Å²) in [4.78, 5) is 10.3. The van der Waals surface area contributed by atoms with Gasteiger partial charge >= 0.3 is 0 Å². The molecule has 0 saturated heterocycles. The summed E-state index contributed by atoms with van der Waals surface area (Å²) >= 11 is 1.55. The summed E-state index contributed by atoms with van der Waals surface area (Å²) in [6.45, 7) is 2.92. The Balaban J connectivity index is 1.50. The minimum Gasteiger partial charge on any atom is -0.419 e. The summed E-state index contributed by atoms with van der Waals surface area (Å²) in [5.74, 6) is 1.87. The van der Waals surface area contributed by atoms with Gasteiger partial charge in [-0.15, -0.1) is 20.4 Å². The van der Waals surface area contributed by atoms with E-state index in [1.165, 1.54) is 18.6 Å². The number of non-ortho nitro benzene ring substituents is 1. The third-order valence-electron chi connectivity index (χ3n) is 4.47. The van der Waals surface area contributed by atoms with E-state index < -0.39 is 4.92 Å². The molecule has 140 valence electrons. The molecule has 2 aromatic heterocycles. The summed E-state index contributed by atoms with van der Waals surface area (Å²) in [5.41, 5.74) is 0.669. The SMILES string of the molecule is C[C@H](Sc1nnc2n1CCCCC2)c1nnc(-c2ccc([N+](=O)[O-])cc2)o1. The molecule has 0 aliphatic carbocycles. The highest BCUT2D eigenvalue weighted by atomic mass is 32.2. The Morgan fingerprint density at radius 3 is 2.74 bits per heavy atom. The summed E-state index contributed by atoms with van der Waals surface area (Å²) in [6.07, 6.45) is 4.47. The van der Waals surface area contributed by atoms with Gasteiger partial charge in [0.1, 0.15) is 5.82 Å². The van der Waals surface area contributed by atoms with Gasteiger partial charge in [0, 0.05) is 30.7 Å². The van der Waals surface area contributed by atoms with Crippen molar-refractivity contribution in [1.29, 1.82) is 0 Å². The fourth-order valence-corrected chi connectivity index (χ4v) is 3.92. The van der Waals surface area contributed by atoms with Gasteiger partial charge in [-0.25, -0.2) is 0 Å². The van der Waals surface area contributed by atoms with Gasteiger partial charge in [0.15, 0.2) is 5.16 Å². The molecular weight excluding hydrogens is 368 g/mol. The zero-order valence-electron chi connectivity index (χ0n) is 14.7. The first-order valence-corrected chi connectivity index (χ1v) is 9.67. The number of benzene rings is 1. The summed E-state index contributed by atoms with van der Waals surface area (Å²) < 4.78 is 7.96. The lowest BCUT2D eigenvalue weighted by atomic mass is 10.2. The second-order valence-electron chi connectivity index (χ2n) is 6.37. The van der Waals surface area contributed by atoms with Gasteiger partial charge in [0.05, 0.1) is 10.2 Å². The molecule has 0 amide bonds. The van der Waals surface area contributed by atoms with E-state index in [1.54, 1.807) is 23.9 Å². The van der Waals surface area contributed by atoms with Crippen molar-refractivity contribution >= 4 is 17.4 Å². The predicted molar refractivity (Wildman–Crippen MR) is 98.2 cm³/mol. The number of hydrogen-bond donors (Lipinski definition) is 0. The van der Waals surface area contributed by atoms with Crippen LogP contribution in [0.5, 0.6) is 0 Å². The van der Waals surface area contributed by atoms with E-state index >= 15 is 0 Å². The van der Waals surface area contributed by atoms with Gasteiger partial charge in [-0.05, 0) is 31.9 Å². The van der Waals surface area contributed by atoms with Crippen LogP contribution in [0.25, 0.3) is 11.5 Å². The Morgan fingerprint density at radius 1 is 1.15 bits per heavy atom. The van der Waals surface area contributed by atoms with E-state index in [0.29, 0.717) is 17.3 Å². The number of rotatable bonds is 5. The first-order valence-electron chi connectivity index (χ1n) is 8.79. The fraction of sp³-hybridized carbons (Fsp3) is 0.412. The van der Waals surface area contributed by atoms with Crippen LogP contribution < -0.4 is 0 Å². The van der Waals surface area contributed by atoms with Crippen LogP contribution in [0.4, 0.5) is 5.69 Å². The van der Waals surface area contributed by atoms with E-state index in [-0.39, 0.29) is 10.9 Å². The monoisotopic (exact) mass is 386 g/mol. The molecule has 1 atom stereocenters. The normalized spacial score (nSPS) is 15.1. The molecule has 0 N–H and O–H groups in total. The van der Waals surface area contributed by atoms with Gasteiger partial charge in [-0.1, -0.05) is 18.2 Å². The lowest BCUT2D eigenvalue weighted by Crippen LogP contribution is -2.03. The molecule has 0 unspecified atom stereocenters. The van der Waals surface area contributed by atoms with Crippen LogP contribution in [-0.2, 0) is 13.0 Å². The van der Waals surface area contributed by atoms with Crippen molar-refractivity contribution in [3.05, 3.63) is 46.1 Å². The van der Waals surface area contributed by atoms with E-state index in [0.717, 1.165) is 36.8 Å². The van der Waals surface area contributed by atoms with E-state index in [2.05, 4.69) is 25.0 Å². The molecule has 10 heteroatoms. The van der Waals surface area contributed by atoms with Crippen molar-refractivity contribution in [1.82, 2.24) is 25.0 Å². The molecular formula is C17H18N6O3S. The molecule has 1 aliphatic heterocycles. The Hall–Kier alpha value is -2.75. The van der Waals surface area contributed by atoms with E-state index in [1.807, 2.05) is 6.92 Å². The van der Waals surface area contributed by atoms with Gasteiger partial charge in [0.2, 0.25) is 11.8 Å². The molecule has 1 aliphatic rings. The minimum atomic E-state index is -0.441. The smallest absolute Gasteiger partial charge is 0.269 e. The topological polar surface area (TPSA) is 113 Å². The van der Waals surface area contributed by atoms with Gasteiger partial charge in [-0.3, -0.25) is 10.1 Å². The Morgan fingerprint density at radius 2 is 1.96 bits per heavy atom. The van der Waals surface area contributed by atoms with Crippen LogP contribution in [0.15, 0.2) is 33.8 Å². The Labute approximate surface area is 159 Å². The number of nitro groups is 1. The van der Waals surface area contributed by atoms with Crippen LogP contribution in [0, 0.1) is 10.1 Å². The quantitative estimate of drug-likeness (QED) is 0.369. The predicted octanol–water partition coefficient (Wildman–Crippen LogP) is 3.82. The first kappa shape index (κ1) is 17.7. The van der Waals surface area contributed by atoms with Crippen molar-refractivity contribution < 1.29 is 9.34 Å².